The molecule has 1 aliphatic rings. The molecule has 0 amide bonds. The third kappa shape index (κ3) is 2.80. The van der Waals surface area contributed by atoms with Gasteiger partial charge in [0.1, 0.15) is 11.5 Å². The molecule has 1 heterocycles. The van der Waals surface area contributed by atoms with Crippen LogP contribution in [0.1, 0.15) is 10.4 Å². The summed E-state index contributed by atoms with van der Waals surface area (Å²) >= 11 is 3.32. The first kappa shape index (κ1) is 13.8. The summed E-state index contributed by atoms with van der Waals surface area (Å²) in [5.74, 6) is 1.68. The lowest BCUT2D eigenvalue weighted by Crippen LogP contribution is -2.09. The number of carbonyl (C=O) groups is 1. The van der Waals surface area contributed by atoms with Gasteiger partial charge in [-0.2, -0.15) is 0 Å². The monoisotopic (exact) mass is 350 g/mol. The molecule has 0 spiro atoms. The van der Waals surface area contributed by atoms with Crippen molar-refractivity contribution in [1.29, 1.82) is 0 Å². The molecule has 0 fully saturated rings. The molecule has 0 radical (unpaired) electrons. The van der Waals surface area contributed by atoms with Crippen LogP contribution < -0.4 is 18.9 Å². The maximum absolute atomic E-state index is 12.2. The summed E-state index contributed by atoms with van der Waals surface area (Å²) in [4.78, 5) is 12.2. The Morgan fingerprint density at radius 3 is 2.67 bits per heavy atom. The molecule has 0 bridgehead atoms. The maximum Gasteiger partial charge on any atom is 0.344 e. The van der Waals surface area contributed by atoms with E-state index in [1.54, 1.807) is 36.4 Å². The largest absolute Gasteiger partial charge is 0.497 e. The molecular weight excluding hydrogens is 340 g/mol. The van der Waals surface area contributed by atoms with E-state index in [2.05, 4.69) is 15.9 Å². The van der Waals surface area contributed by atoms with Gasteiger partial charge in [0.25, 0.3) is 0 Å². The van der Waals surface area contributed by atoms with Crippen LogP contribution in [0.4, 0.5) is 0 Å². The van der Waals surface area contributed by atoms with E-state index in [1.807, 2.05) is 0 Å². The Hall–Kier alpha value is -2.21. The summed E-state index contributed by atoms with van der Waals surface area (Å²) in [6.45, 7) is 0.175. The fraction of sp³-hybridized carbons (Fsp3) is 0.133. The Morgan fingerprint density at radius 1 is 1.10 bits per heavy atom. The highest BCUT2D eigenvalue weighted by molar-refractivity contribution is 9.10. The second kappa shape index (κ2) is 5.65. The number of esters is 1. The van der Waals surface area contributed by atoms with Gasteiger partial charge in [-0.1, -0.05) is 0 Å². The average Bonchev–Trinajstić information content (AvgIpc) is 2.95. The lowest BCUT2D eigenvalue weighted by molar-refractivity contribution is 0.0733. The molecule has 5 nitrogen and oxygen atoms in total. The van der Waals surface area contributed by atoms with E-state index in [9.17, 15) is 4.79 Å². The van der Waals surface area contributed by atoms with Crippen LogP contribution in [0.5, 0.6) is 23.0 Å². The number of halogens is 1. The van der Waals surface area contributed by atoms with Crippen molar-refractivity contribution < 1.29 is 23.7 Å². The van der Waals surface area contributed by atoms with E-state index in [0.717, 1.165) is 0 Å². The maximum atomic E-state index is 12.2. The van der Waals surface area contributed by atoms with Crippen molar-refractivity contribution in [1.82, 2.24) is 0 Å². The molecule has 21 heavy (non-hydrogen) atoms. The Labute approximate surface area is 129 Å². The normalized spacial score (nSPS) is 12.1. The van der Waals surface area contributed by atoms with Crippen molar-refractivity contribution in [3.63, 3.8) is 0 Å². The smallest absolute Gasteiger partial charge is 0.344 e. The standard InChI is InChI=1S/C15H11BrO5/c1-18-9-2-4-12(16)11(6-9)15(17)21-10-3-5-13-14(7-10)20-8-19-13/h2-7H,8H2,1H3. The number of ether oxygens (including phenoxy) is 4. The minimum Gasteiger partial charge on any atom is -0.497 e. The lowest BCUT2D eigenvalue weighted by atomic mass is 10.2. The zero-order valence-electron chi connectivity index (χ0n) is 11.1. The molecule has 0 aliphatic carbocycles. The minimum atomic E-state index is -0.486. The zero-order chi connectivity index (χ0) is 14.8. The number of rotatable bonds is 3. The lowest BCUT2D eigenvalue weighted by Gasteiger charge is -2.08. The van der Waals surface area contributed by atoms with Gasteiger partial charge in [0, 0.05) is 10.5 Å². The van der Waals surface area contributed by atoms with Crippen molar-refractivity contribution in [3.8, 4) is 23.0 Å². The summed E-state index contributed by atoms with van der Waals surface area (Å²) < 4.78 is 21.5. The van der Waals surface area contributed by atoms with Crippen molar-refractivity contribution in [3.05, 3.63) is 46.4 Å². The van der Waals surface area contributed by atoms with Crippen molar-refractivity contribution in [2.75, 3.05) is 13.9 Å². The van der Waals surface area contributed by atoms with Gasteiger partial charge in [0.05, 0.1) is 12.7 Å². The van der Waals surface area contributed by atoms with Gasteiger partial charge in [-0.3, -0.25) is 0 Å². The van der Waals surface area contributed by atoms with Gasteiger partial charge in [0.15, 0.2) is 11.5 Å². The fourth-order valence-corrected chi connectivity index (χ4v) is 2.30. The first-order chi connectivity index (χ1) is 10.2. The van der Waals surface area contributed by atoms with Crippen LogP contribution in [0.15, 0.2) is 40.9 Å². The number of hydrogen-bond acceptors (Lipinski definition) is 5. The van der Waals surface area contributed by atoms with Crippen molar-refractivity contribution >= 4 is 21.9 Å². The van der Waals surface area contributed by atoms with Gasteiger partial charge in [0.2, 0.25) is 6.79 Å². The second-order valence-electron chi connectivity index (χ2n) is 4.25. The highest BCUT2D eigenvalue weighted by Crippen LogP contribution is 2.35. The predicted octanol–water partition coefficient (Wildman–Crippen LogP) is 3.41. The molecule has 1 aliphatic heterocycles. The zero-order valence-corrected chi connectivity index (χ0v) is 12.7. The third-order valence-electron chi connectivity index (χ3n) is 2.95. The first-order valence-electron chi connectivity index (χ1n) is 6.13. The highest BCUT2D eigenvalue weighted by Gasteiger charge is 2.17. The second-order valence-corrected chi connectivity index (χ2v) is 5.10. The average molecular weight is 351 g/mol. The number of methoxy groups -OCH3 is 1. The number of fused-ring (bicyclic) bond motifs is 1. The summed E-state index contributed by atoms with van der Waals surface area (Å²) in [5, 5.41) is 0. The van der Waals surface area contributed by atoms with Crippen LogP contribution >= 0.6 is 15.9 Å². The molecule has 0 aromatic heterocycles. The summed E-state index contributed by atoms with van der Waals surface area (Å²) in [5.41, 5.74) is 0.381. The fourth-order valence-electron chi connectivity index (χ4n) is 1.89. The molecule has 108 valence electrons. The van der Waals surface area contributed by atoms with Crippen LogP contribution in [-0.4, -0.2) is 19.9 Å². The SMILES string of the molecule is COc1ccc(Br)c(C(=O)Oc2ccc3c(c2)OCO3)c1. The van der Waals surface area contributed by atoms with Gasteiger partial charge in [-0.05, 0) is 46.3 Å². The van der Waals surface area contributed by atoms with Gasteiger partial charge in [-0.15, -0.1) is 0 Å². The van der Waals surface area contributed by atoms with E-state index in [4.69, 9.17) is 18.9 Å². The van der Waals surface area contributed by atoms with Crippen LogP contribution in [0.3, 0.4) is 0 Å². The Bertz CT molecular complexity index is 698. The topological polar surface area (TPSA) is 54.0 Å². The van der Waals surface area contributed by atoms with E-state index in [0.29, 0.717) is 33.0 Å². The summed E-state index contributed by atoms with van der Waals surface area (Å²) in [6.07, 6.45) is 0. The molecule has 0 atom stereocenters. The summed E-state index contributed by atoms with van der Waals surface area (Å²) in [6, 6.07) is 10.1. The number of benzene rings is 2. The Balaban J connectivity index is 1.83. The van der Waals surface area contributed by atoms with Crippen molar-refractivity contribution in [2.24, 2.45) is 0 Å². The number of carbonyl (C=O) groups excluding carboxylic acids is 1. The van der Waals surface area contributed by atoms with E-state index < -0.39 is 5.97 Å². The molecule has 2 aromatic rings. The van der Waals surface area contributed by atoms with E-state index in [-0.39, 0.29) is 6.79 Å². The molecule has 0 saturated carbocycles. The molecule has 2 aromatic carbocycles. The van der Waals surface area contributed by atoms with Crippen molar-refractivity contribution in [2.45, 2.75) is 0 Å². The third-order valence-corrected chi connectivity index (χ3v) is 3.64. The quantitative estimate of drug-likeness (QED) is 0.627. The molecule has 0 saturated heterocycles. The predicted molar refractivity (Wildman–Crippen MR) is 78.2 cm³/mol. The molecule has 0 N–H and O–H groups in total. The Morgan fingerprint density at radius 2 is 1.86 bits per heavy atom. The molecule has 6 heteroatoms. The van der Waals surface area contributed by atoms with Gasteiger partial charge in [-0.25, -0.2) is 4.79 Å². The minimum absolute atomic E-state index is 0.175. The highest BCUT2D eigenvalue weighted by atomic mass is 79.9. The molecule has 0 unspecified atom stereocenters. The van der Waals surface area contributed by atoms with Gasteiger partial charge >= 0.3 is 5.97 Å². The Kier molecular flexibility index (Phi) is 3.70. The molecular formula is C15H11BrO5. The van der Waals surface area contributed by atoms with E-state index in [1.165, 1.54) is 7.11 Å². The van der Waals surface area contributed by atoms with Crippen LogP contribution in [0.2, 0.25) is 0 Å². The van der Waals surface area contributed by atoms with Crippen LogP contribution in [0.25, 0.3) is 0 Å². The number of hydrogen-bond donors (Lipinski definition) is 0. The molecule has 3 rings (SSSR count). The summed E-state index contributed by atoms with van der Waals surface area (Å²) in [7, 11) is 1.54. The van der Waals surface area contributed by atoms with Crippen LogP contribution in [-0.2, 0) is 0 Å². The first-order valence-corrected chi connectivity index (χ1v) is 6.92. The van der Waals surface area contributed by atoms with E-state index >= 15 is 0 Å². The van der Waals surface area contributed by atoms with Crippen LogP contribution in [0, 0.1) is 0 Å². The van der Waals surface area contributed by atoms with Gasteiger partial charge < -0.3 is 18.9 Å².